The van der Waals surface area contributed by atoms with Gasteiger partial charge in [0.25, 0.3) is 5.91 Å². The minimum Gasteiger partial charge on any atom is -0.399 e. The highest BCUT2D eigenvalue weighted by Gasteiger charge is 2.39. The Bertz CT molecular complexity index is 584. The van der Waals surface area contributed by atoms with Gasteiger partial charge in [0.15, 0.2) is 8.32 Å². The second-order valence-electron chi connectivity index (χ2n) is 7.30. The number of hydrogen-bond donors (Lipinski definition) is 1. The second-order valence-corrected chi connectivity index (χ2v) is 12.1. The van der Waals surface area contributed by atoms with Gasteiger partial charge >= 0.3 is 0 Å². The molecule has 1 unspecified atom stereocenters. The fourth-order valence-corrected chi connectivity index (χ4v) is 3.00. The number of para-hydroxylation sites is 1. The molecule has 0 aliphatic carbocycles. The fraction of sp³-hybridized carbons (Fsp3) is 0.562. The Morgan fingerprint density at radius 1 is 1.36 bits per heavy atom. The molecule has 1 heterocycles. The van der Waals surface area contributed by atoms with Crippen LogP contribution in [0.3, 0.4) is 0 Å². The van der Waals surface area contributed by atoms with Crippen molar-refractivity contribution in [3.63, 3.8) is 0 Å². The lowest BCUT2D eigenvalue weighted by atomic mass is 10.1. The number of anilines is 2. The quantitative estimate of drug-likeness (QED) is 0.856. The third-order valence-electron chi connectivity index (χ3n) is 4.63. The van der Waals surface area contributed by atoms with Crippen LogP contribution in [0.5, 0.6) is 0 Å². The molecule has 1 aromatic rings. The van der Waals surface area contributed by atoms with Gasteiger partial charge in [-0.2, -0.15) is 0 Å². The lowest BCUT2D eigenvalue weighted by molar-refractivity contribution is -0.120. The minimum absolute atomic E-state index is 0.0355. The van der Waals surface area contributed by atoms with Gasteiger partial charge in [0, 0.05) is 0 Å². The maximum Gasteiger partial charge on any atom is 0.251 e. The summed E-state index contributed by atoms with van der Waals surface area (Å²) in [4.78, 5) is 13.9. The van der Waals surface area contributed by atoms with Crippen molar-refractivity contribution in [1.29, 1.82) is 0 Å². The number of nitrogens with one attached hydrogen (secondary N) is 1. The molecule has 6 heteroatoms. The summed E-state index contributed by atoms with van der Waals surface area (Å²) >= 11 is 0. The summed E-state index contributed by atoms with van der Waals surface area (Å²) in [5, 5.41) is 3.07. The Kier molecular flexibility index (Phi) is 4.36. The topological polar surface area (TPSA) is 41.6 Å². The van der Waals surface area contributed by atoms with Gasteiger partial charge in [-0.3, -0.25) is 9.69 Å². The van der Waals surface area contributed by atoms with E-state index in [1.54, 1.807) is 19.1 Å². The number of fused-ring (bicyclic) bond motifs is 1. The zero-order valence-electron chi connectivity index (χ0n) is 14.2. The molecule has 4 nitrogen and oxygen atoms in total. The van der Waals surface area contributed by atoms with Gasteiger partial charge in [0.2, 0.25) is 0 Å². The molecule has 0 radical (unpaired) electrons. The summed E-state index contributed by atoms with van der Waals surface area (Å²) in [5.74, 6) is -0.583. The molecule has 0 spiro atoms. The van der Waals surface area contributed by atoms with Crippen LogP contribution in [0.4, 0.5) is 15.8 Å². The molecule has 22 heavy (non-hydrogen) atoms. The molecule has 0 aromatic heterocycles. The van der Waals surface area contributed by atoms with Crippen LogP contribution < -0.4 is 10.2 Å². The predicted molar refractivity (Wildman–Crippen MR) is 90.1 cm³/mol. The molecule has 0 bridgehead atoms. The lowest BCUT2D eigenvalue weighted by Gasteiger charge is -2.40. The molecule has 1 aliphatic heterocycles. The third-order valence-corrected chi connectivity index (χ3v) is 9.09. The molecule has 122 valence electrons. The van der Waals surface area contributed by atoms with Crippen molar-refractivity contribution in [2.45, 2.75) is 51.9 Å². The van der Waals surface area contributed by atoms with Crippen LogP contribution in [0, 0.1) is 5.82 Å². The standard InChI is InChI=1S/C16H25FN2O2Si/c1-11-15(20)19(10-21-22(5,6)16(2,3)4)14-12(17)8-7-9-13(14)18-11/h7-9,11,18H,10H2,1-6H3. The van der Waals surface area contributed by atoms with Crippen LogP contribution >= 0.6 is 0 Å². The van der Waals surface area contributed by atoms with Crippen molar-refractivity contribution in [3.05, 3.63) is 24.0 Å². The van der Waals surface area contributed by atoms with E-state index >= 15 is 0 Å². The minimum atomic E-state index is -2.02. The fourth-order valence-electron chi connectivity index (χ4n) is 2.12. The van der Waals surface area contributed by atoms with E-state index < -0.39 is 20.2 Å². The first-order valence-corrected chi connectivity index (χ1v) is 10.5. The van der Waals surface area contributed by atoms with E-state index in [9.17, 15) is 9.18 Å². The number of halogens is 1. The Morgan fingerprint density at radius 2 is 2.00 bits per heavy atom. The highest BCUT2D eigenvalue weighted by atomic mass is 28.4. The van der Waals surface area contributed by atoms with Crippen molar-refractivity contribution in [3.8, 4) is 0 Å². The van der Waals surface area contributed by atoms with Crippen LogP contribution in [0.15, 0.2) is 18.2 Å². The summed E-state index contributed by atoms with van der Waals surface area (Å²) < 4.78 is 20.3. The molecule has 0 saturated carbocycles. The normalized spacial score (nSPS) is 19.0. The number of carbonyl (C=O) groups excluding carboxylic acids is 1. The van der Waals surface area contributed by atoms with E-state index in [4.69, 9.17) is 4.43 Å². The maximum absolute atomic E-state index is 14.2. The van der Waals surface area contributed by atoms with Gasteiger partial charge in [-0.25, -0.2) is 4.39 Å². The number of rotatable bonds is 3. The number of benzene rings is 1. The number of hydrogen-bond acceptors (Lipinski definition) is 3. The molecule has 1 amide bonds. The zero-order valence-corrected chi connectivity index (χ0v) is 15.2. The molecule has 1 atom stereocenters. The Morgan fingerprint density at radius 3 is 2.59 bits per heavy atom. The largest absolute Gasteiger partial charge is 0.399 e. The van der Waals surface area contributed by atoms with Gasteiger partial charge in [-0.15, -0.1) is 0 Å². The molecular weight excluding hydrogens is 299 g/mol. The highest BCUT2D eigenvalue weighted by Crippen LogP contribution is 2.38. The Hall–Kier alpha value is -1.40. The Balaban J connectivity index is 2.29. The number of nitrogens with zero attached hydrogens (tertiary/aromatic N) is 1. The molecule has 0 fully saturated rings. The monoisotopic (exact) mass is 324 g/mol. The average Bonchev–Trinajstić information content (AvgIpc) is 2.38. The van der Waals surface area contributed by atoms with Crippen molar-refractivity contribution < 1.29 is 13.6 Å². The zero-order chi connectivity index (χ0) is 16.7. The molecule has 1 N–H and O–H groups in total. The molecular formula is C16H25FN2O2Si. The van der Waals surface area contributed by atoms with Gasteiger partial charge in [0.1, 0.15) is 24.3 Å². The third kappa shape index (κ3) is 3.03. The summed E-state index contributed by atoms with van der Waals surface area (Å²) in [7, 11) is -2.02. The van der Waals surface area contributed by atoms with Gasteiger partial charge in [-0.1, -0.05) is 26.8 Å². The SMILES string of the molecule is CC1Nc2cccc(F)c2N(CO[Si](C)(C)C(C)(C)C)C1=O. The van der Waals surface area contributed by atoms with Crippen molar-refractivity contribution in [2.24, 2.45) is 0 Å². The highest BCUT2D eigenvalue weighted by molar-refractivity contribution is 6.74. The van der Waals surface area contributed by atoms with Crippen molar-refractivity contribution in [1.82, 2.24) is 0 Å². The first kappa shape index (κ1) is 17.0. The van der Waals surface area contributed by atoms with Crippen molar-refractivity contribution in [2.75, 3.05) is 16.9 Å². The van der Waals surface area contributed by atoms with Gasteiger partial charge < -0.3 is 9.74 Å². The average molecular weight is 324 g/mol. The van der Waals surface area contributed by atoms with E-state index in [2.05, 4.69) is 39.2 Å². The van der Waals surface area contributed by atoms with E-state index in [1.165, 1.54) is 11.0 Å². The summed E-state index contributed by atoms with van der Waals surface area (Å²) in [5.41, 5.74) is 0.912. The first-order chi connectivity index (χ1) is 10.0. The predicted octanol–water partition coefficient (Wildman–Crippen LogP) is 3.95. The number of carbonyl (C=O) groups is 1. The summed E-state index contributed by atoms with van der Waals surface area (Å²) in [6.45, 7) is 12.5. The molecule has 1 aliphatic rings. The van der Waals surface area contributed by atoms with Gasteiger partial charge in [0.05, 0.1) is 5.69 Å². The first-order valence-electron chi connectivity index (χ1n) is 7.55. The van der Waals surface area contributed by atoms with Crippen molar-refractivity contribution >= 4 is 25.6 Å². The van der Waals surface area contributed by atoms with Crippen LogP contribution in [0.25, 0.3) is 0 Å². The summed E-state index contributed by atoms with van der Waals surface area (Å²) in [6.07, 6.45) is 0. The van der Waals surface area contributed by atoms with Crippen LogP contribution in [-0.4, -0.2) is 27.0 Å². The van der Waals surface area contributed by atoms with Gasteiger partial charge in [-0.05, 0) is 37.2 Å². The lowest BCUT2D eigenvalue weighted by Crippen LogP contribution is -2.51. The smallest absolute Gasteiger partial charge is 0.251 e. The van der Waals surface area contributed by atoms with E-state index in [0.29, 0.717) is 5.69 Å². The second kappa shape index (κ2) is 5.66. The Labute approximate surface area is 132 Å². The van der Waals surface area contributed by atoms with Crippen LogP contribution in [-0.2, 0) is 9.22 Å². The molecule has 1 aromatic carbocycles. The molecule has 2 rings (SSSR count). The van der Waals surface area contributed by atoms with Crippen LogP contribution in [0.1, 0.15) is 27.7 Å². The van der Waals surface area contributed by atoms with E-state index in [1.807, 2.05) is 0 Å². The maximum atomic E-state index is 14.2. The molecule has 0 saturated heterocycles. The van der Waals surface area contributed by atoms with Crippen LogP contribution in [0.2, 0.25) is 18.1 Å². The van der Waals surface area contributed by atoms with E-state index in [-0.39, 0.29) is 23.4 Å². The van der Waals surface area contributed by atoms with E-state index in [0.717, 1.165) is 0 Å². The number of amides is 1. The summed E-state index contributed by atoms with van der Waals surface area (Å²) in [6, 6.07) is 4.39.